The van der Waals surface area contributed by atoms with Crippen molar-refractivity contribution in [3.05, 3.63) is 60.2 Å². The molecule has 1 atom stereocenters. The summed E-state index contributed by atoms with van der Waals surface area (Å²) in [6.45, 7) is 1.88. The molecule has 4 rings (SSSR count). The van der Waals surface area contributed by atoms with E-state index in [1.54, 1.807) is 0 Å². The van der Waals surface area contributed by atoms with Crippen molar-refractivity contribution in [2.75, 3.05) is 0 Å². The molecule has 0 bridgehead atoms. The summed E-state index contributed by atoms with van der Waals surface area (Å²) in [7, 11) is 0. The summed E-state index contributed by atoms with van der Waals surface area (Å²) in [5.74, 6) is 4.85. The zero-order valence-electron chi connectivity index (χ0n) is 12.3. The first-order valence-electron chi connectivity index (χ1n) is 7.37. The van der Waals surface area contributed by atoms with Crippen molar-refractivity contribution >= 4 is 38.2 Å². The highest BCUT2D eigenvalue weighted by molar-refractivity contribution is 6.23. The van der Waals surface area contributed by atoms with E-state index in [4.69, 9.17) is 5.84 Å². The average molecular weight is 288 g/mol. The molecule has 3 N–H and O–H groups in total. The van der Waals surface area contributed by atoms with Crippen molar-refractivity contribution in [1.82, 2.24) is 5.43 Å². The Hall–Kier alpha value is -2.65. The van der Waals surface area contributed by atoms with E-state index in [9.17, 15) is 4.79 Å². The second kappa shape index (κ2) is 4.68. The van der Waals surface area contributed by atoms with Crippen LogP contribution in [0.4, 0.5) is 0 Å². The summed E-state index contributed by atoms with van der Waals surface area (Å²) in [6, 6.07) is 19.0. The van der Waals surface area contributed by atoms with Crippen molar-refractivity contribution in [1.29, 1.82) is 0 Å². The van der Waals surface area contributed by atoms with Gasteiger partial charge < -0.3 is 0 Å². The number of hydrogen-bond donors (Lipinski definition) is 2. The largest absolute Gasteiger partial charge is 0.294 e. The molecule has 22 heavy (non-hydrogen) atoms. The van der Waals surface area contributed by atoms with Crippen molar-refractivity contribution in [2.45, 2.75) is 12.8 Å². The molecule has 0 heterocycles. The number of amides is 1. The van der Waals surface area contributed by atoms with Gasteiger partial charge in [-0.2, -0.15) is 0 Å². The Bertz CT molecular complexity index is 990. The molecule has 0 radical (unpaired) electrons. The zero-order chi connectivity index (χ0) is 15.3. The van der Waals surface area contributed by atoms with E-state index >= 15 is 0 Å². The predicted molar refractivity (Wildman–Crippen MR) is 90.9 cm³/mol. The molecule has 0 aliphatic carbocycles. The van der Waals surface area contributed by atoms with Crippen molar-refractivity contribution in [3.63, 3.8) is 0 Å². The highest BCUT2D eigenvalue weighted by Gasteiger charge is 2.18. The molecule has 4 aromatic carbocycles. The number of hydrogen-bond acceptors (Lipinski definition) is 2. The number of rotatable bonds is 2. The van der Waals surface area contributed by atoms with Gasteiger partial charge in [-0.3, -0.25) is 10.2 Å². The molecule has 108 valence electrons. The fourth-order valence-electron chi connectivity index (χ4n) is 3.40. The minimum absolute atomic E-state index is 0.171. The molecule has 0 saturated carbocycles. The van der Waals surface area contributed by atoms with Crippen LogP contribution in [0.1, 0.15) is 18.4 Å². The normalized spacial score (nSPS) is 13.0. The van der Waals surface area contributed by atoms with Crippen LogP contribution in [0.25, 0.3) is 32.3 Å². The highest BCUT2D eigenvalue weighted by Crippen LogP contribution is 2.37. The fourth-order valence-corrected chi connectivity index (χ4v) is 3.40. The Morgan fingerprint density at radius 3 is 2.18 bits per heavy atom. The molecule has 1 amide bonds. The van der Waals surface area contributed by atoms with Crippen LogP contribution in [0.2, 0.25) is 0 Å². The van der Waals surface area contributed by atoms with Crippen LogP contribution in [0.3, 0.4) is 0 Å². The van der Waals surface area contributed by atoms with Gasteiger partial charge in [0.25, 0.3) is 0 Å². The Kier molecular flexibility index (Phi) is 2.78. The quantitative estimate of drug-likeness (QED) is 0.256. The van der Waals surface area contributed by atoms with Gasteiger partial charge in [0.1, 0.15) is 0 Å². The maximum absolute atomic E-state index is 11.9. The molecule has 4 aromatic rings. The van der Waals surface area contributed by atoms with Gasteiger partial charge in [0.2, 0.25) is 5.91 Å². The summed E-state index contributed by atoms with van der Waals surface area (Å²) in [5.41, 5.74) is 3.26. The minimum Gasteiger partial charge on any atom is -0.294 e. The molecule has 0 spiro atoms. The first-order valence-corrected chi connectivity index (χ1v) is 7.37. The fraction of sp³-hybridized carbons (Fsp3) is 0.105. The van der Waals surface area contributed by atoms with E-state index in [-0.39, 0.29) is 11.8 Å². The number of nitrogens with one attached hydrogen (secondary N) is 1. The van der Waals surface area contributed by atoms with Crippen LogP contribution in [0.5, 0.6) is 0 Å². The Balaban J connectivity index is 2.15. The van der Waals surface area contributed by atoms with E-state index in [0.29, 0.717) is 0 Å². The monoisotopic (exact) mass is 288 g/mol. The first kappa shape index (κ1) is 13.0. The third-order valence-corrected chi connectivity index (χ3v) is 4.56. The molecule has 0 fully saturated rings. The molecule has 3 heteroatoms. The van der Waals surface area contributed by atoms with Crippen LogP contribution >= 0.6 is 0 Å². The average Bonchev–Trinajstić information content (AvgIpc) is 2.58. The zero-order valence-corrected chi connectivity index (χ0v) is 12.3. The molecule has 1 unspecified atom stereocenters. The molecular formula is C19H16N2O. The van der Waals surface area contributed by atoms with Gasteiger partial charge in [-0.1, -0.05) is 54.6 Å². The van der Waals surface area contributed by atoms with Gasteiger partial charge in [-0.15, -0.1) is 0 Å². The van der Waals surface area contributed by atoms with E-state index < -0.39 is 0 Å². The second-order valence-electron chi connectivity index (χ2n) is 5.74. The third-order valence-electron chi connectivity index (χ3n) is 4.56. The van der Waals surface area contributed by atoms with E-state index in [0.717, 1.165) is 10.9 Å². The summed E-state index contributed by atoms with van der Waals surface area (Å²) in [6.07, 6.45) is 0. The topological polar surface area (TPSA) is 55.1 Å². The van der Waals surface area contributed by atoms with Gasteiger partial charge in [-0.05, 0) is 44.8 Å². The molecule has 0 aliphatic heterocycles. The SMILES string of the molecule is CC(C(=O)NN)c1ccc2ccc3cccc4ccc1c2c34. The Labute approximate surface area is 128 Å². The maximum Gasteiger partial charge on any atom is 0.241 e. The molecule has 0 aliphatic rings. The highest BCUT2D eigenvalue weighted by atomic mass is 16.2. The Morgan fingerprint density at radius 1 is 0.909 bits per heavy atom. The minimum atomic E-state index is -0.283. The van der Waals surface area contributed by atoms with Crippen LogP contribution in [-0.2, 0) is 4.79 Å². The van der Waals surface area contributed by atoms with E-state index in [1.165, 1.54) is 26.9 Å². The molecule has 3 nitrogen and oxygen atoms in total. The Morgan fingerprint density at radius 2 is 1.50 bits per heavy atom. The summed E-state index contributed by atoms with van der Waals surface area (Å²) >= 11 is 0. The first-order chi connectivity index (χ1) is 10.7. The number of benzene rings is 4. The molecule has 0 saturated heterocycles. The van der Waals surface area contributed by atoms with Crippen LogP contribution in [0, 0.1) is 0 Å². The van der Waals surface area contributed by atoms with E-state index in [2.05, 4.69) is 54.0 Å². The van der Waals surface area contributed by atoms with Crippen LogP contribution in [-0.4, -0.2) is 5.91 Å². The lowest BCUT2D eigenvalue weighted by Gasteiger charge is -2.17. The standard InChI is InChI=1S/C19H16N2O/c1-11(19(22)21-20)15-9-7-14-6-5-12-3-2-4-13-8-10-16(15)18(14)17(12)13/h2-11H,20H2,1H3,(H,21,22). The molecule has 0 aromatic heterocycles. The van der Waals surface area contributed by atoms with E-state index in [1.807, 2.05) is 13.0 Å². The summed E-state index contributed by atoms with van der Waals surface area (Å²) in [4.78, 5) is 11.9. The van der Waals surface area contributed by atoms with Crippen LogP contribution < -0.4 is 11.3 Å². The number of hydrazine groups is 1. The number of carbonyl (C=O) groups is 1. The number of nitrogens with two attached hydrogens (primary N) is 1. The van der Waals surface area contributed by atoms with Gasteiger partial charge in [0.15, 0.2) is 0 Å². The van der Waals surface area contributed by atoms with Crippen molar-refractivity contribution in [2.24, 2.45) is 5.84 Å². The third kappa shape index (κ3) is 1.69. The summed E-state index contributed by atoms with van der Waals surface area (Å²) in [5, 5.41) is 7.26. The van der Waals surface area contributed by atoms with Crippen molar-refractivity contribution in [3.8, 4) is 0 Å². The lowest BCUT2D eigenvalue weighted by molar-refractivity contribution is -0.122. The smallest absolute Gasteiger partial charge is 0.241 e. The van der Waals surface area contributed by atoms with Gasteiger partial charge in [0.05, 0.1) is 5.92 Å². The lowest BCUT2D eigenvalue weighted by Crippen LogP contribution is -2.33. The van der Waals surface area contributed by atoms with Crippen molar-refractivity contribution < 1.29 is 4.79 Å². The lowest BCUT2D eigenvalue weighted by atomic mass is 9.88. The van der Waals surface area contributed by atoms with Gasteiger partial charge >= 0.3 is 0 Å². The van der Waals surface area contributed by atoms with Crippen LogP contribution in [0.15, 0.2) is 54.6 Å². The molecular weight excluding hydrogens is 272 g/mol. The number of carbonyl (C=O) groups excluding carboxylic acids is 1. The second-order valence-corrected chi connectivity index (χ2v) is 5.74. The maximum atomic E-state index is 11.9. The summed E-state index contributed by atoms with van der Waals surface area (Å²) < 4.78 is 0. The van der Waals surface area contributed by atoms with Gasteiger partial charge in [-0.25, -0.2) is 5.84 Å². The predicted octanol–water partition coefficient (Wildman–Crippen LogP) is 3.68. The van der Waals surface area contributed by atoms with Gasteiger partial charge in [0, 0.05) is 0 Å².